The highest BCUT2D eigenvalue weighted by Gasteiger charge is 2.22. The Morgan fingerprint density at radius 2 is 2.26 bits per heavy atom. The van der Waals surface area contributed by atoms with Gasteiger partial charge in [0.1, 0.15) is 12.0 Å². The van der Waals surface area contributed by atoms with Crippen LogP contribution in [0.2, 0.25) is 0 Å². The van der Waals surface area contributed by atoms with Crippen molar-refractivity contribution < 1.29 is 9.13 Å². The van der Waals surface area contributed by atoms with E-state index in [4.69, 9.17) is 10.5 Å². The van der Waals surface area contributed by atoms with Gasteiger partial charge >= 0.3 is 0 Å². The lowest BCUT2D eigenvalue weighted by Gasteiger charge is -2.12. The molecule has 8 heteroatoms. The summed E-state index contributed by atoms with van der Waals surface area (Å²) in [5, 5.41) is 3.04. The lowest BCUT2D eigenvalue weighted by molar-refractivity contribution is 0.0593. The fraction of sp³-hybridized carbons (Fsp3) is 0.267. The number of nitrogens with zero attached hydrogens (tertiary/aromatic N) is 4. The molecule has 3 heterocycles. The number of nitrogens with two attached hydrogens (primary N) is 1. The van der Waals surface area contributed by atoms with Crippen LogP contribution in [-0.4, -0.2) is 26.1 Å². The SMILES string of the molecule is Nc1nc(Nc2cccc(F)c2)c2ncn(C3CCCO3)c2n1. The Hall–Kier alpha value is -2.74. The molecule has 0 saturated carbocycles. The van der Waals surface area contributed by atoms with Crippen LogP contribution in [-0.2, 0) is 4.74 Å². The first kappa shape index (κ1) is 13.9. The number of benzene rings is 1. The average molecular weight is 314 g/mol. The van der Waals surface area contributed by atoms with Crippen molar-refractivity contribution in [1.29, 1.82) is 0 Å². The number of fused-ring (bicyclic) bond motifs is 1. The van der Waals surface area contributed by atoms with Crippen molar-refractivity contribution in [2.45, 2.75) is 19.1 Å². The molecular weight excluding hydrogens is 299 g/mol. The van der Waals surface area contributed by atoms with E-state index in [2.05, 4.69) is 20.3 Å². The fourth-order valence-corrected chi connectivity index (χ4v) is 2.71. The molecule has 1 atom stereocenters. The molecule has 0 spiro atoms. The number of hydrogen-bond donors (Lipinski definition) is 2. The maximum atomic E-state index is 13.3. The number of aromatic nitrogens is 4. The molecule has 3 aromatic rings. The molecule has 0 amide bonds. The standard InChI is InChI=1S/C15H15FN6O/c16-9-3-1-4-10(7-9)19-13-12-14(21-15(17)20-13)22(8-18-12)11-5-2-6-23-11/h1,3-4,7-8,11H,2,5-6H2,(H3,17,19,20,21). The minimum absolute atomic E-state index is 0.0867. The third-order valence-corrected chi connectivity index (χ3v) is 3.74. The van der Waals surface area contributed by atoms with E-state index in [-0.39, 0.29) is 18.0 Å². The molecule has 7 nitrogen and oxygen atoms in total. The molecule has 1 saturated heterocycles. The van der Waals surface area contributed by atoms with Gasteiger partial charge in [0.2, 0.25) is 5.95 Å². The highest BCUT2D eigenvalue weighted by Crippen LogP contribution is 2.29. The van der Waals surface area contributed by atoms with Gasteiger partial charge in [-0.1, -0.05) is 6.07 Å². The lowest BCUT2D eigenvalue weighted by Crippen LogP contribution is -2.08. The molecule has 1 fully saturated rings. The van der Waals surface area contributed by atoms with Crippen molar-refractivity contribution in [2.75, 3.05) is 17.7 Å². The van der Waals surface area contributed by atoms with Gasteiger partial charge in [-0.2, -0.15) is 9.97 Å². The zero-order valence-corrected chi connectivity index (χ0v) is 12.2. The number of hydrogen-bond acceptors (Lipinski definition) is 6. The smallest absolute Gasteiger partial charge is 0.224 e. The minimum Gasteiger partial charge on any atom is -0.368 e. The van der Waals surface area contributed by atoms with Crippen LogP contribution in [0.25, 0.3) is 11.2 Å². The molecule has 1 aliphatic heterocycles. The van der Waals surface area contributed by atoms with E-state index in [1.54, 1.807) is 18.5 Å². The Morgan fingerprint density at radius 3 is 3.04 bits per heavy atom. The summed E-state index contributed by atoms with van der Waals surface area (Å²) in [4.78, 5) is 12.8. The first-order valence-electron chi connectivity index (χ1n) is 7.35. The van der Waals surface area contributed by atoms with Crippen molar-refractivity contribution in [2.24, 2.45) is 0 Å². The Labute approximate surface area is 131 Å². The molecular formula is C15H15FN6O. The fourth-order valence-electron chi connectivity index (χ4n) is 2.71. The van der Waals surface area contributed by atoms with Crippen molar-refractivity contribution in [3.63, 3.8) is 0 Å². The van der Waals surface area contributed by atoms with Crippen LogP contribution in [0.4, 0.5) is 21.8 Å². The predicted octanol–water partition coefficient (Wildman–Crippen LogP) is 2.60. The predicted molar refractivity (Wildman–Crippen MR) is 83.6 cm³/mol. The van der Waals surface area contributed by atoms with E-state index < -0.39 is 0 Å². The van der Waals surface area contributed by atoms with E-state index in [1.807, 2.05) is 4.57 Å². The number of anilines is 3. The van der Waals surface area contributed by atoms with E-state index >= 15 is 0 Å². The van der Waals surface area contributed by atoms with Gasteiger partial charge in [-0.05, 0) is 31.0 Å². The number of halogens is 1. The normalized spacial score (nSPS) is 17.7. The van der Waals surface area contributed by atoms with Crippen molar-refractivity contribution >= 4 is 28.6 Å². The zero-order valence-electron chi connectivity index (χ0n) is 12.2. The van der Waals surface area contributed by atoms with E-state index in [1.165, 1.54) is 12.1 Å². The summed E-state index contributed by atoms with van der Waals surface area (Å²) >= 11 is 0. The Bertz CT molecular complexity index is 858. The number of nitrogen functional groups attached to an aromatic ring is 1. The lowest BCUT2D eigenvalue weighted by atomic mass is 10.3. The first-order chi connectivity index (χ1) is 11.2. The van der Waals surface area contributed by atoms with E-state index in [9.17, 15) is 4.39 Å². The number of imidazole rings is 1. The highest BCUT2D eigenvalue weighted by atomic mass is 19.1. The molecule has 1 unspecified atom stereocenters. The largest absolute Gasteiger partial charge is 0.368 e. The quantitative estimate of drug-likeness (QED) is 0.772. The van der Waals surface area contributed by atoms with Crippen LogP contribution in [0.5, 0.6) is 0 Å². The van der Waals surface area contributed by atoms with Crippen molar-refractivity contribution in [1.82, 2.24) is 19.5 Å². The first-order valence-corrected chi connectivity index (χ1v) is 7.35. The molecule has 1 aliphatic rings. The summed E-state index contributed by atoms with van der Waals surface area (Å²) in [6, 6.07) is 6.11. The Balaban J connectivity index is 1.77. The summed E-state index contributed by atoms with van der Waals surface area (Å²) in [6.45, 7) is 0.722. The van der Waals surface area contributed by atoms with Gasteiger partial charge in [0.25, 0.3) is 0 Å². The van der Waals surface area contributed by atoms with Crippen LogP contribution in [0.1, 0.15) is 19.1 Å². The maximum Gasteiger partial charge on any atom is 0.224 e. The molecule has 0 bridgehead atoms. The summed E-state index contributed by atoms with van der Waals surface area (Å²) < 4.78 is 20.9. The molecule has 0 radical (unpaired) electrons. The summed E-state index contributed by atoms with van der Waals surface area (Å²) in [5.41, 5.74) is 7.55. The second-order valence-corrected chi connectivity index (χ2v) is 5.36. The molecule has 2 aromatic heterocycles. The van der Waals surface area contributed by atoms with Gasteiger partial charge in [-0.25, -0.2) is 9.37 Å². The van der Waals surface area contributed by atoms with Crippen LogP contribution in [0.15, 0.2) is 30.6 Å². The summed E-state index contributed by atoms with van der Waals surface area (Å²) in [6.07, 6.45) is 3.49. The van der Waals surface area contributed by atoms with E-state index in [0.29, 0.717) is 22.7 Å². The summed E-state index contributed by atoms with van der Waals surface area (Å²) in [7, 11) is 0. The van der Waals surface area contributed by atoms with Gasteiger partial charge in [0.05, 0.1) is 6.33 Å². The number of ether oxygens (including phenoxy) is 1. The zero-order chi connectivity index (χ0) is 15.8. The minimum atomic E-state index is -0.335. The van der Waals surface area contributed by atoms with Crippen LogP contribution < -0.4 is 11.1 Å². The van der Waals surface area contributed by atoms with Gasteiger partial charge in [0, 0.05) is 12.3 Å². The van der Waals surface area contributed by atoms with Gasteiger partial charge in [-0.15, -0.1) is 0 Å². The third kappa shape index (κ3) is 2.57. The molecule has 23 heavy (non-hydrogen) atoms. The third-order valence-electron chi connectivity index (χ3n) is 3.74. The van der Waals surface area contributed by atoms with Gasteiger partial charge < -0.3 is 15.8 Å². The van der Waals surface area contributed by atoms with Crippen LogP contribution in [0.3, 0.4) is 0 Å². The Kier molecular flexibility index (Phi) is 3.30. The summed E-state index contributed by atoms with van der Waals surface area (Å²) in [5.74, 6) is 0.226. The molecule has 3 N–H and O–H groups in total. The highest BCUT2D eigenvalue weighted by molar-refractivity contribution is 5.86. The molecule has 1 aromatic carbocycles. The topological polar surface area (TPSA) is 90.9 Å². The molecule has 118 valence electrons. The van der Waals surface area contributed by atoms with Crippen LogP contribution >= 0.6 is 0 Å². The molecule has 4 rings (SSSR count). The van der Waals surface area contributed by atoms with Crippen molar-refractivity contribution in [3.05, 3.63) is 36.4 Å². The van der Waals surface area contributed by atoms with Gasteiger partial charge in [0.15, 0.2) is 17.0 Å². The van der Waals surface area contributed by atoms with E-state index in [0.717, 1.165) is 19.4 Å². The Morgan fingerprint density at radius 1 is 1.35 bits per heavy atom. The van der Waals surface area contributed by atoms with Crippen LogP contribution in [0, 0.1) is 5.82 Å². The molecule has 0 aliphatic carbocycles. The van der Waals surface area contributed by atoms with Gasteiger partial charge in [-0.3, -0.25) is 4.57 Å². The second kappa shape index (κ2) is 5.47. The van der Waals surface area contributed by atoms with Crippen molar-refractivity contribution in [3.8, 4) is 0 Å². The number of nitrogens with one attached hydrogen (secondary N) is 1. The second-order valence-electron chi connectivity index (χ2n) is 5.36. The maximum absolute atomic E-state index is 13.3. The average Bonchev–Trinajstić information content (AvgIpc) is 3.15. The monoisotopic (exact) mass is 314 g/mol. The number of rotatable bonds is 3.